The van der Waals surface area contributed by atoms with E-state index in [1.807, 2.05) is 14.1 Å². The fourth-order valence-electron chi connectivity index (χ4n) is 3.75. The van der Waals surface area contributed by atoms with Crippen molar-refractivity contribution in [2.24, 2.45) is 5.92 Å². The van der Waals surface area contributed by atoms with Crippen LogP contribution in [0.25, 0.3) is 0 Å². The van der Waals surface area contributed by atoms with Crippen LogP contribution >= 0.6 is 0 Å². The van der Waals surface area contributed by atoms with Crippen molar-refractivity contribution in [2.75, 3.05) is 33.7 Å². The summed E-state index contributed by atoms with van der Waals surface area (Å²) in [5, 5.41) is 3.38. The number of nitrogens with one attached hydrogen (secondary N) is 1. The largest absolute Gasteiger partial charge is 0.347 e. The molecule has 4 heteroatoms. The normalized spacial score (nSPS) is 33.1. The first-order valence-electron chi connectivity index (χ1n) is 7.82. The number of piperazine rings is 1. The number of amides is 1. The molecule has 2 aliphatic rings. The van der Waals surface area contributed by atoms with Gasteiger partial charge in [0.25, 0.3) is 0 Å². The van der Waals surface area contributed by atoms with Crippen molar-refractivity contribution in [3.8, 4) is 0 Å². The van der Waals surface area contributed by atoms with Crippen LogP contribution in [0.5, 0.6) is 0 Å². The van der Waals surface area contributed by atoms with Crippen LogP contribution in [0.1, 0.15) is 39.0 Å². The number of nitrogens with zero attached hydrogens (tertiary/aromatic N) is 2. The van der Waals surface area contributed by atoms with Gasteiger partial charge in [0.2, 0.25) is 5.91 Å². The van der Waals surface area contributed by atoms with Gasteiger partial charge in [0.1, 0.15) is 6.04 Å². The zero-order valence-electron chi connectivity index (χ0n) is 12.7. The molecule has 4 nitrogen and oxygen atoms in total. The summed E-state index contributed by atoms with van der Waals surface area (Å²) >= 11 is 0. The summed E-state index contributed by atoms with van der Waals surface area (Å²) in [5.41, 5.74) is 0. The van der Waals surface area contributed by atoms with Crippen molar-refractivity contribution in [1.29, 1.82) is 0 Å². The van der Waals surface area contributed by atoms with Gasteiger partial charge in [0, 0.05) is 39.8 Å². The van der Waals surface area contributed by atoms with Crippen LogP contribution < -0.4 is 5.32 Å². The van der Waals surface area contributed by atoms with Crippen molar-refractivity contribution in [3.63, 3.8) is 0 Å². The molecular formula is C15H29N3O. The number of rotatable bonds is 3. The average molecular weight is 267 g/mol. The summed E-state index contributed by atoms with van der Waals surface area (Å²) in [5.74, 6) is 1.04. The summed E-state index contributed by atoms with van der Waals surface area (Å²) in [6.45, 7) is 5.15. The van der Waals surface area contributed by atoms with Gasteiger partial charge in [0.15, 0.2) is 0 Å². The Kier molecular flexibility index (Phi) is 5.22. The molecule has 1 saturated heterocycles. The lowest BCUT2D eigenvalue weighted by Gasteiger charge is -2.46. The maximum absolute atomic E-state index is 12.4. The first-order chi connectivity index (χ1) is 9.15. The summed E-state index contributed by atoms with van der Waals surface area (Å²) in [6.07, 6.45) is 6.56. The zero-order chi connectivity index (χ0) is 13.8. The fourth-order valence-corrected chi connectivity index (χ4v) is 3.75. The summed E-state index contributed by atoms with van der Waals surface area (Å²) < 4.78 is 0. The molecule has 1 amide bonds. The second-order valence-electron chi connectivity index (χ2n) is 6.21. The maximum atomic E-state index is 12.4. The van der Waals surface area contributed by atoms with Crippen molar-refractivity contribution in [1.82, 2.24) is 15.1 Å². The molecule has 2 fully saturated rings. The highest BCUT2D eigenvalue weighted by Gasteiger charge is 2.37. The van der Waals surface area contributed by atoms with E-state index in [1.54, 1.807) is 4.90 Å². The summed E-state index contributed by atoms with van der Waals surface area (Å²) in [4.78, 5) is 16.6. The molecule has 0 aromatic heterocycles. The van der Waals surface area contributed by atoms with E-state index >= 15 is 0 Å². The van der Waals surface area contributed by atoms with Gasteiger partial charge >= 0.3 is 0 Å². The van der Waals surface area contributed by atoms with E-state index < -0.39 is 0 Å². The Labute approximate surface area is 117 Å². The number of likely N-dealkylation sites (N-methyl/N-ethyl adjacent to an activating group) is 1. The lowest BCUT2D eigenvalue weighted by Crippen LogP contribution is -2.62. The van der Waals surface area contributed by atoms with Gasteiger partial charge in [-0.05, 0) is 18.8 Å². The van der Waals surface area contributed by atoms with Gasteiger partial charge < -0.3 is 10.2 Å². The summed E-state index contributed by atoms with van der Waals surface area (Å²) in [6, 6.07) is 0.663. The molecule has 3 atom stereocenters. The second-order valence-corrected chi connectivity index (χ2v) is 6.21. The van der Waals surface area contributed by atoms with Crippen molar-refractivity contribution in [3.05, 3.63) is 0 Å². The predicted octanol–water partition coefficient (Wildman–Crippen LogP) is 1.32. The highest BCUT2D eigenvalue weighted by atomic mass is 16.2. The third-order valence-electron chi connectivity index (χ3n) is 4.83. The smallest absolute Gasteiger partial charge is 0.240 e. The van der Waals surface area contributed by atoms with Crippen LogP contribution in [0, 0.1) is 5.92 Å². The Morgan fingerprint density at radius 1 is 1.32 bits per heavy atom. The molecule has 1 saturated carbocycles. The highest BCUT2D eigenvalue weighted by Crippen LogP contribution is 2.32. The molecule has 110 valence electrons. The van der Waals surface area contributed by atoms with E-state index in [2.05, 4.69) is 17.1 Å². The molecule has 0 aromatic rings. The van der Waals surface area contributed by atoms with Crippen molar-refractivity contribution in [2.45, 2.75) is 51.1 Å². The molecule has 0 bridgehead atoms. The molecule has 0 spiro atoms. The van der Waals surface area contributed by atoms with Crippen LogP contribution in [0.4, 0.5) is 0 Å². The monoisotopic (exact) mass is 267 g/mol. The minimum absolute atomic E-state index is 0.0425. The lowest BCUT2D eigenvalue weighted by atomic mass is 9.81. The Morgan fingerprint density at radius 3 is 2.74 bits per heavy atom. The van der Waals surface area contributed by atoms with E-state index in [4.69, 9.17) is 0 Å². The molecule has 1 N–H and O–H groups in total. The zero-order valence-corrected chi connectivity index (χ0v) is 12.7. The third kappa shape index (κ3) is 3.29. The lowest BCUT2D eigenvalue weighted by molar-refractivity contribution is -0.137. The Hall–Kier alpha value is -0.610. The molecule has 1 aliphatic carbocycles. The summed E-state index contributed by atoms with van der Waals surface area (Å²) in [7, 11) is 3.74. The van der Waals surface area contributed by atoms with Crippen molar-refractivity contribution >= 4 is 5.91 Å². The average Bonchev–Trinajstić information content (AvgIpc) is 2.46. The molecule has 0 radical (unpaired) electrons. The van der Waals surface area contributed by atoms with E-state index in [0.29, 0.717) is 6.04 Å². The Bertz CT molecular complexity index is 306. The molecule has 19 heavy (non-hydrogen) atoms. The quantitative estimate of drug-likeness (QED) is 0.837. The van der Waals surface area contributed by atoms with Gasteiger partial charge in [-0.2, -0.15) is 0 Å². The molecular weight excluding hydrogens is 238 g/mol. The number of hydrogen-bond acceptors (Lipinski definition) is 3. The third-order valence-corrected chi connectivity index (χ3v) is 4.83. The van der Waals surface area contributed by atoms with E-state index in [1.165, 1.54) is 32.1 Å². The van der Waals surface area contributed by atoms with Gasteiger partial charge in [-0.3, -0.25) is 9.69 Å². The van der Waals surface area contributed by atoms with Gasteiger partial charge in [0.05, 0.1) is 0 Å². The van der Waals surface area contributed by atoms with Crippen LogP contribution in [-0.2, 0) is 4.79 Å². The van der Waals surface area contributed by atoms with Crippen LogP contribution in [-0.4, -0.2) is 61.5 Å². The maximum Gasteiger partial charge on any atom is 0.240 e. The Balaban J connectivity index is 2.11. The number of carbonyl (C=O) groups is 1. The molecule has 1 aliphatic heterocycles. The Morgan fingerprint density at radius 2 is 2.05 bits per heavy atom. The van der Waals surface area contributed by atoms with Crippen LogP contribution in [0.3, 0.4) is 0 Å². The first-order valence-corrected chi connectivity index (χ1v) is 7.82. The highest BCUT2D eigenvalue weighted by molar-refractivity contribution is 5.81. The minimum Gasteiger partial charge on any atom is -0.347 e. The fraction of sp³-hybridized carbons (Fsp3) is 0.933. The number of hydrogen-bond donors (Lipinski definition) is 1. The van der Waals surface area contributed by atoms with E-state index in [9.17, 15) is 4.79 Å². The molecule has 1 heterocycles. The molecule has 3 unspecified atom stereocenters. The number of carbonyl (C=O) groups excluding carboxylic acids is 1. The van der Waals surface area contributed by atoms with E-state index in [-0.39, 0.29) is 11.9 Å². The minimum atomic E-state index is 0.0425. The second kappa shape index (κ2) is 6.71. The van der Waals surface area contributed by atoms with Gasteiger partial charge in [-0.15, -0.1) is 0 Å². The van der Waals surface area contributed by atoms with E-state index in [0.717, 1.165) is 25.6 Å². The SMILES string of the molecule is CCC1CCCCC1N1CCNCC1C(=O)N(C)C. The van der Waals surface area contributed by atoms with Crippen molar-refractivity contribution < 1.29 is 4.79 Å². The van der Waals surface area contributed by atoms with Gasteiger partial charge in [-0.1, -0.05) is 26.2 Å². The topological polar surface area (TPSA) is 35.6 Å². The standard InChI is InChI=1S/C15H29N3O/c1-4-12-7-5-6-8-13(12)18-10-9-16-11-14(18)15(19)17(2)3/h12-14,16H,4-11H2,1-3H3. The molecule has 0 aromatic carbocycles. The van der Waals surface area contributed by atoms with Crippen LogP contribution in [0.2, 0.25) is 0 Å². The molecule has 2 rings (SSSR count). The van der Waals surface area contributed by atoms with Crippen LogP contribution in [0.15, 0.2) is 0 Å². The first kappa shape index (κ1) is 14.8. The predicted molar refractivity (Wildman–Crippen MR) is 78.1 cm³/mol. The van der Waals surface area contributed by atoms with Gasteiger partial charge in [-0.25, -0.2) is 0 Å².